The Bertz CT molecular complexity index is 833. The molecule has 2 aliphatic heterocycles. The number of amides is 2. The van der Waals surface area contributed by atoms with Crippen molar-refractivity contribution in [1.82, 2.24) is 14.5 Å². The highest BCUT2D eigenvalue weighted by molar-refractivity contribution is 5.97. The molecule has 1 N–H and O–H groups in total. The maximum atomic E-state index is 13.2. The molecule has 8 heteroatoms. The van der Waals surface area contributed by atoms with Gasteiger partial charge in [-0.25, -0.2) is 4.98 Å². The third-order valence-corrected chi connectivity index (χ3v) is 5.32. The molecular weight excluding hydrogens is 372 g/mol. The van der Waals surface area contributed by atoms with Crippen LogP contribution in [0.2, 0.25) is 0 Å². The maximum Gasteiger partial charge on any atom is 0.254 e. The molecule has 2 aliphatic rings. The first-order valence-electron chi connectivity index (χ1n) is 10.1. The molecule has 1 unspecified atom stereocenters. The first-order chi connectivity index (χ1) is 14.2. The predicted molar refractivity (Wildman–Crippen MR) is 106 cm³/mol. The van der Waals surface area contributed by atoms with E-state index >= 15 is 0 Å². The third-order valence-electron chi connectivity index (χ3n) is 5.32. The predicted octanol–water partition coefficient (Wildman–Crippen LogP) is 2.28. The van der Waals surface area contributed by atoms with Gasteiger partial charge in [-0.05, 0) is 37.5 Å². The van der Waals surface area contributed by atoms with Crippen LogP contribution < -0.4 is 5.32 Å². The SMILES string of the molecule is O=C(CCn1ccnc1)Nc1cccc(C(=O)N2CCCCC2C2OCCO2)c1. The van der Waals surface area contributed by atoms with Gasteiger partial charge in [-0.1, -0.05) is 6.07 Å². The van der Waals surface area contributed by atoms with Gasteiger partial charge in [-0.3, -0.25) is 9.59 Å². The lowest BCUT2D eigenvalue weighted by atomic mass is 10.00. The molecule has 2 fully saturated rings. The van der Waals surface area contributed by atoms with Crippen LogP contribution in [0, 0.1) is 0 Å². The van der Waals surface area contributed by atoms with E-state index in [-0.39, 0.29) is 24.1 Å². The Kier molecular flexibility index (Phi) is 6.21. The average Bonchev–Trinajstić information content (AvgIpc) is 3.46. The quantitative estimate of drug-likeness (QED) is 0.807. The monoisotopic (exact) mass is 398 g/mol. The Labute approximate surface area is 169 Å². The number of carbonyl (C=O) groups excluding carboxylic acids is 2. The van der Waals surface area contributed by atoms with E-state index in [2.05, 4.69) is 10.3 Å². The van der Waals surface area contributed by atoms with E-state index in [9.17, 15) is 9.59 Å². The van der Waals surface area contributed by atoms with Crippen LogP contribution in [0.25, 0.3) is 0 Å². The summed E-state index contributed by atoms with van der Waals surface area (Å²) in [6.45, 7) is 2.39. The highest BCUT2D eigenvalue weighted by Crippen LogP contribution is 2.26. The van der Waals surface area contributed by atoms with E-state index in [1.165, 1.54) is 0 Å². The normalized spacial score (nSPS) is 20.0. The van der Waals surface area contributed by atoms with E-state index in [1.807, 2.05) is 15.7 Å². The van der Waals surface area contributed by atoms with Crippen molar-refractivity contribution in [3.63, 3.8) is 0 Å². The number of piperidine rings is 1. The Morgan fingerprint density at radius 1 is 1.21 bits per heavy atom. The average molecular weight is 398 g/mol. The fraction of sp³-hybridized carbons (Fsp3) is 0.476. The molecule has 4 rings (SSSR count). The Morgan fingerprint density at radius 2 is 2.07 bits per heavy atom. The van der Waals surface area contributed by atoms with Gasteiger partial charge in [0.05, 0.1) is 25.6 Å². The van der Waals surface area contributed by atoms with Crippen LogP contribution >= 0.6 is 0 Å². The summed E-state index contributed by atoms with van der Waals surface area (Å²) in [6, 6.07) is 7.04. The zero-order valence-electron chi connectivity index (χ0n) is 16.3. The van der Waals surface area contributed by atoms with Crippen molar-refractivity contribution >= 4 is 17.5 Å². The van der Waals surface area contributed by atoms with E-state index in [4.69, 9.17) is 9.47 Å². The van der Waals surface area contributed by atoms with Crippen molar-refractivity contribution in [2.45, 2.75) is 44.6 Å². The van der Waals surface area contributed by atoms with Gasteiger partial charge in [0.2, 0.25) is 5.91 Å². The number of nitrogens with zero attached hydrogens (tertiary/aromatic N) is 3. The number of rotatable bonds is 6. The molecule has 2 amide bonds. The van der Waals surface area contributed by atoms with Gasteiger partial charge in [0, 0.05) is 43.2 Å². The number of carbonyl (C=O) groups is 2. The van der Waals surface area contributed by atoms with Gasteiger partial charge in [0.1, 0.15) is 0 Å². The molecule has 1 atom stereocenters. The second-order valence-corrected chi connectivity index (χ2v) is 7.35. The zero-order valence-corrected chi connectivity index (χ0v) is 16.3. The summed E-state index contributed by atoms with van der Waals surface area (Å²) in [5, 5.41) is 2.88. The standard InChI is InChI=1S/C21H26N4O4/c26-19(7-10-24-11-8-22-15-24)23-17-5-3-4-16(14-17)20(27)25-9-2-1-6-18(25)21-28-12-13-29-21/h3-5,8,11,14-15,18,21H,1-2,6-7,9-10,12-13H2,(H,23,26). The Balaban J connectivity index is 1.40. The number of aryl methyl sites for hydroxylation is 1. The molecule has 0 bridgehead atoms. The second kappa shape index (κ2) is 9.19. The van der Waals surface area contributed by atoms with E-state index in [0.717, 1.165) is 19.3 Å². The minimum Gasteiger partial charge on any atom is -0.348 e. The van der Waals surface area contributed by atoms with Crippen molar-refractivity contribution in [2.24, 2.45) is 0 Å². The lowest BCUT2D eigenvalue weighted by Gasteiger charge is -2.38. The number of nitrogens with one attached hydrogen (secondary N) is 1. The van der Waals surface area contributed by atoms with Crippen molar-refractivity contribution in [3.05, 3.63) is 48.5 Å². The first-order valence-corrected chi connectivity index (χ1v) is 10.1. The summed E-state index contributed by atoms with van der Waals surface area (Å²) in [5.74, 6) is -0.157. The van der Waals surface area contributed by atoms with Gasteiger partial charge < -0.3 is 24.3 Å². The number of benzene rings is 1. The highest BCUT2D eigenvalue weighted by atomic mass is 16.7. The molecule has 3 heterocycles. The molecule has 0 radical (unpaired) electrons. The summed E-state index contributed by atoms with van der Waals surface area (Å²) >= 11 is 0. The molecule has 2 saturated heterocycles. The maximum absolute atomic E-state index is 13.2. The smallest absolute Gasteiger partial charge is 0.254 e. The Morgan fingerprint density at radius 3 is 2.86 bits per heavy atom. The van der Waals surface area contributed by atoms with Crippen LogP contribution in [0.4, 0.5) is 5.69 Å². The molecule has 154 valence electrons. The van der Waals surface area contributed by atoms with Crippen LogP contribution in [-0.2, 0) is 20.8 Å². The minimum absolute atomic E-state index is 0.0525. The number of aromatic nitrogens is 2. The van der Waals surface area contributed by atoms with Gasteiger partial charge in [0.25, 0.3) is 5.91 Å². The summed E-state index contributed by atoms with van der Waals surface area (Å²) in [6.07, 6.45) is 8.08. The van der Waals surface area contributed by atoms with Crippen LogP contribution in [-0.4, -0.2) is 58.4 Å². The van der Waals surface area contributed by atoms with E-state index < -0.39 is 0 Å². The van der Waals surface area contributed by atoms with Gasteiger partial charge in [-0.15, -0.1) is 0 Å². The second-order valence-electron chi connectivity index (χ2n) is 7.35. The number of imidazole rings is 1. The molecule has 0 aliphatic carbocycles. The van der Waals surface area contributed by atoms with E-state index in [0.29, 0.717) is 44.0 Å². The number of hydrogen-bond donors (Lipinski definition) is 1. The van der Waals surface area contributed by atoms with E-state index in [1.54, 1.807) is 36.8 Å². The number of likely N-dealkylation sites (tertiary alicyclic amines) is 1. The summed E-state index contributed by atoms with van der Waals surface area (Å²) in [7, 11) is 0. The molecule has 29 heavy (non-hydrogen) atoms. The number of ether oxygens (including phenoxy) is 2. The van der Waals surface area contributed by atoms with Crippen molar-refractivity contribution in [3.8, 4) is 0 Å². The van der Waals surface area contributed by atoms with Crippen LogP contribution in [0.5, 0.6) is 0 Å². The van der Waals surface area contributed by atoms with Crippen molar-refractivity contribution in [2.75, 3.05) is 25.1 Å². The first kappa shape index (κ1) is 19.6. The van der Waals surface area contributed by atoms with Crippen LogP contribution in [0.15, 0.2) is 43.0 Å². The van der Waals surface area contributed by atoms with Crippen LogP contribution in [0.3, 0.4) is 0 Å². The molecule has 1 aromatic carbocycles. The van der Waals surface area contributed by atoms with Crippen LogP contribution in [0.1, 0.15) is 36.0 Å². The van der Waals surface area contributed by atoms with Gasteiger partial charge in [0.15, 0.2) is 6.29 Å². The lowest BCUT2D eigenvalue weighted by molar-refractivity contribution is -0.116. The van der Waals surface area contributed by atoms with Gasteiger partial charge in [-0.2, -0.15) is 0 Å². The largest absolute Gasteiger partial charge is 0.348 e. The highest BCUT2D eigenvalue weighted by Gasteiger charge is 2.36. The minimum atomic E-state index is -0.342. The lowest BCUT2D eigenvalue weighted by Crippen LogP contribution is -2.50. The topological polar surface area (TPSA) is 85.7 Å². The fourth-order valence-electron chi connectivity index (χ4n) is 3.86. The Hall–Kier alpha value is -2.71. The molecular formula is C21H26N4O4. The summed E-state index contributed by atoms with van der Waals surface area (Å²) in [5.41, 5.74) is 1.18. The molecule has 0 spiro atoms. The van der Waals surface area contributed by atoms with Gasteiger partial charge >= 0.3 is 0 Å². The molecule has 8 nitrogen and oxygen atoms in total. The summed E-state index contributed by atoms with van der Waals surface area (Å²) < 4.78 is 13.2. The molecule has 0 saturated carbocycles. The van der Waals surface area contributed by atoms with Crippen molar-refractivity contribution < 1.29 is 19.1 Å². The fourth-order valence-corrected chi connectivity index (χ4v) is 3.86. The van der Waals surface area contributed by atoms with Crippen molar-refractivity contribution in [1.29, 1.82) is 0 Å². The third kappa shape index (κ3) is 4.83. The number of anilines is 1. The number of hydrogen-bond acceptors (Lipinski definition) is 5. The molecule has 1 aromatic heterocycles. The zero-order chi connectivity index (χ0) is 20.1. The molecule has 2 aromatic rings. The summed E-state index contributed by atoms with van der Waals surface area (Å²) in [4.78, 5) is 31.2.